The molecule has 1 nitrogen and oxygen atoms in total. The molecular weight excluding hydrogens is 134 g/mol. The van der Waals surface area contributed by atoms with Gasteiger partial charge in [-0.25, -0.2) is 0 Å². The third-order valence-electron chi connectivity index (χ3n) is 3.54. The average Bonchev–Trinajstić information content (AvgIpc) is 2.60. The summed E-state index contributed by atoms with van der Waals surface area (Å²) in [6.45, 7) is 3.19. The molecule has 2 N–H and O–H groups in total. The highest BCUT2D eigenvalue weighted by atomic mass is 14.6. The van der Waals surface area contributed by atoms with E-state index in [0.717, 1.165) is 30.2 Å². The maximum Gasteiger partial charge on any atom is -0.00404 e. The van der Waals surface area contributed by atoms with Gasteiger partial charge in [-0.2, -0.15) is 0 Å². The summed E-state index contributed by atoms with van der Waals surface area (Å²) in [5, 5.41) is 0. The topological polar surface area (TPSA) is 26.0 Å². The van der Waals surface area contributed by atoms with Crippen LogP contribution in [0.4, 0.5) is 0 Å². The molecule has 0 amide bonds. The van der Waals surface area contributed by atoms with E-state index in [9.17, 15) is 0 Å². The number of hydrogen-bond donors (Lipinski definition) is 1. The first-order valence-electron chi connectivity index (χ1n) is 4.75. The Balaban J connectivity index is 2.15. The predicted octanol–water partition coefficient (Wildman–Crippen LogP) is 1.79. The van der Waals surface area contributed by atoms with E-state index in [-0.39, 0.29) is 0 Å². The van der Waals surface area contributed by atoms with E-state index in [1.54, 1.807) is 0 Å². The standard InChI is InChI=1S/C10H17N/c1-2-9-7-3-4-8(5-7)10(9)6-11/h3-4,7-10H,2,5-6,11H2,1H3. The van der Waals surface area contributed by atoms with Crippen molar-refractivity contribution in [3.05, 3.63) is 12.2 Å². The van der Waals surface area contributed by atoms with E-state index >= 15 is 0 Å². The Morgan fingerprint density at radius 3 is 2.36 bits per heavy atom. The van der Waals surface area contributed by atoms with Crippen LogP contribution in [0.3, 0.4) is 0 Å². The molecule has 2 rings (SSSR count). The smallest absolute Gasteiger partial charge is 0.00404 e. The molecule has 62 valence electrons. The van der Waals surface area contributed by atoms with Gasteiger partial charge in [0.1, 0.15) is 0 Å². The summed E-state index contributed by atoms with van der Waals surface area (Å²) in [5.74, 6) is 3.40. The number of rotatable bonds is 2. The largest absolute Gasteiger partial charge is 0.330 e. The molecule has 0 aromatic carbocycles. The van der Waals surface area contributed by atoms with E-state index in [1.165, 1.54) is 12.8 Å². The van der Waals surface area contributed by atoms with Crippen LogP contribution in [0.5, 0.6) is 0 Å². The van der Waals surface area contributed by atoms with Crippen LogP contribution in [0.25, 0.3) is 0 Å². The zero-order valence-corrected chi connectivity index (χ0v) is 7.16. The van der Waals surface area contributed by atoms with Crippen LogP contribution in [0.1, 0.15) is 19.8 Å². The second kappa shape index (κ2) is 2.63. The summed E-state index contributed by atoms with van der Waals surface area (Å²) < 4.78 is 0. The van der Waals surface area contributed by atoms with Gasteiger partial charge in [0.05, 0.1) is 0 Å². The molecule has 2 aliphatic carbocycles. The lowest BCUT2D eigenvalue weighted by molar-refractivity contribution is 0.308. The first-order valence-corrected chi connectivity index (χ1v) is 4.75. The van der Waals surface area contributed by atoms with Crippen LogP contribution >= 0.6 is 0 Å². The minimum atomic E-state index is 0.801. The fourth-order valence-electron chi connectivity index (χ4n) is 2.98. The molecule has 0 radical (unpaired) electrons. The Hall–Kier alpha value is -0.300. The second-order valence-electron chi connectivity index (χ2n) is 3.92. The van der Waals surface area contributed by atoms with Crippen molar-refractivity contribution in [2.45, 2.75) is 19.8 Å². The molecule has 1 heteroatoms. The van der Waals surface area contributed by atoms with Crippen molar-refractivity contribution in [3.8, 4) is 0 Å². The molecule has 0 heterocycles. The van der Waals surface area contributed by atoms with Crippen LogP contribution in [-0.4, -0.2) is 6.54 Å². The van der Waals surface area contributed by atoms with Gasteiger partial charge in [0.15, 0.2) is 0 Å². The summed E-state index contributed by atoms with van der Waals surface area (Å²) in [6.07, 6.45) is 7.49. The van der Waals surface area contributed by atoms with Crippen LogP contribution in [0.2, 0.25) is 0 Å². The molecule has 4 atom stereocenters. The maximum atomic E-state index is 5.75. The van der Waals surface area contributed by atoms with Crippen molar-refractivity contribution >= 4 is 0 Å². The molecule has 0 spiro atoms. The molecule has 0 aromatic heterocycles. The lowest BCUT2D eigenvalue weighted by atomic mass is 9.81. The molecule has 1 saturated carbocycles. The summed E-state index contributed by atoms with van der Waals surface area (Å²) in [7, 11) is 0. The summed E-state index contributed by atoms with van der Waals surface area (Å²) in [4.78, 5) is 0. The summed E-state index contributed by atoms with van der Waals surface area (Å²) in [6, 6.07) is 0. The normalized spacial score (nSPS) is 47.1. The Labute approximate surface area is 68.7 Å². The SMILES string of the molecule is CCC1C2C=CC(C2)C1CN. The Bertz CT molecular complexity index is 156. The molecule has 1 fully saturated rings. The van der Waals surface area contributed by atoms with Gasteiger partial charge in [-0.15, -0.1) is 0 Å². The minimum absolute atomic E-state index is 0.801. The number of fused-ring (bicyclic) bond motifs is 2. The molecule has 0 saturated heterocycles. The molecular formula is C10H17N. The second-order valence-corrected chi connectivity index (χ2v) is 3.92. The molecule has 0 aliphatic heterocycles. The van der Waals surface area contributed by atoms with Crippen molar-refractivity contribution in [3.63, 3.8) is 0 Å². The first kappa shape index (κ1) is 7.35. The van der Waals surface area contributed by atoms with E-state index < -0.39 is 0 Å². The lowest BCUT2D eigenvalue weighted by Gasteiger charge is -2.25. The third kappa shape index (κ3) is 0.943. The number of nitrogens with two attached hydrogens (primary N) is 1. The zero-order chi connectivity index (χ0) is 7.84. The highest BCUT2D eigenvalue weighted by Crippen LogP contribution is 2.48. The Morgan fingerprint density at radius 2 is 1.91 bits per heavy atom. The highest BCUT2D eigenvalue weighted by Gasteiger charge is 2.42. The van der Waals surface area contributed by atoms with Gasteiger partial charge in [0.25, 0.3) is 0 Å². The van der Waals surface area contributed by atoms with Gasteiger partial charge in [-0.1, -0.05) is 25.5 Å². The molecule has 2 aliphatic rings. The van der Waals surface area contributed by atoms with E-state index in [2.05, 4.69) is 19.1 Å². The monoisotopic (exact) mass is 151 g/mol. The van der Waals surface area contributed by atoms with Crippen LogP contribution in [0, 0.1) is 23.7 Å². The van der Waals surface area contributed by atoms with Crippen LogP contribution in [-0.2, 0) is 0 Å². The zero-order valence-electron chi connectivity index (χ0n) is 7.16. The van der Waals surface area contributed by atoms with Gasteiger partial charge in [-0.3, -0.25) is 0 Å². The molecule has 0 aromatic rings. The van der Waals surface area contributed by atoms with Gasteiger partial charge >= 0.3 is 0 Å². The van der Waals surface area contributed by atoms with Crippen LogP contribution < -0.4 is 5.73 Å². The summed E-state index contributed by atoms with van der Waals surface area (Å²) in [5.41, 5.74) is 5.75. The van der Waals surface area contributed by atoms with Crippen LogP contribution in [0.15, 0.2) is 12.2 Å². The quantitative estimate of drug-likeness (QED) is 0.598. The minimum Gasteiger partial charge on any atom is -0.330 e. The Morgan fingerprint density at radius 1 is 1.27 bits per heavy atom. The van der Waals surface area contributed by atoms with Gasteiger partial charge < -0.3 is 5.73 Å². The van der Waals surface area contributed by atoms with Gasteiger partial charge in [0, 0.05) is 0 Å². The van der Waals surface area contributed by atoms with Crippen molar-refractivity contribution in [1.82, 2.24) is 0 Å². The number of hydrogen-bond acceptors (Lipinski definition) is 1. The lowest BCUT2D eigenvalue weighted by Crippen LogP contribution is -2.26. The van der Waals surface area contributed by atoms with E-state index in [1.807, 2.05) is 0 Å². The fraction of sp³-hybridized carbons (Fsp3) is 0.800. The molecule has 11 heavy (non-hydrogen) atoms. The predicted molar refractivity (Wildman–Crippen MR) is 47.1 cm³/mol. The van der Waals surface area contributed by atoms with Crippen molar-refractivity contribution in [1.29, 1.82) is 0 Å². The van der Waals surface area contributed by atoms with E-state index in [4.69, 9.17) is 5.73 Å². The first-order chi connectivity index (χ1) is 5.36. The van der Waals surface area contributed by atoms with Crippen molar-refractivity contribution in [2.24, 2.45) is 29.4 Å². The molecule has 4 unspecified atom stereocenters. The van der Waals surface area contributed by atoms with E-state index in [0.29, 0.717) is 0 Å². The average molecular weight is 151 g/mol. The fourth-order valence-corrected chi connectivity index (χ4v) is 2.98. The van der Waals surface area contributed by atoms with Crippen molar-refractivity contribution in [2.75, 3.05) is 6.54 Å². The van der Waals surface area contributed by atoms with Crippen molar-refractivity contribution < 1.29 is 0 Å². The molecule has 2 bridgehead atoms. The third-order valence-corrected chi connectivity index (χ3v) is 3.54. The van der Waals surface area contributed by atoms with Gasteiger partial charge in [0.2, 0.25) is 0 Å². The summed E-state index contributed by atoms with van der Waals surface area (Å²) >= 11 is 0. The number of allylic oxidation sites excluding steroid dienone is 2. The maximum absolute atomic E-state index is 5.75. The Kier molecular flexibility index (Phi) is 1.76. The highest BCUT2D eigenvalue weighted by molar-refractivity contribution is 5.13. The van der Waals surface area contributed by atoms with Gasteiger partial charge in [-0.05, 0) is 36.6 Å².